The number of benzene rings is 1. The van der Waals surface area contributed by atoms with Gasteiger partial charge in [0.15, 0.2) is 5.60 Å². The summed E-state index contributed by atoms with van der Waals surface area (Å²) in [5.74, 6) is 6.09. The number of amides is 2. The Kier molecular flexibility index (Phi) is 6.61. The number of fused-ring (bicyclic) bond motifs is 1. The first-order valence-electron chi connectivity index (χ1n) is 11.9. The molecule has 9 heteroatoms. The highest BCUT2D eigenvalue weighted by molar-refractivity contribution is 6.02. The number of likely N-dealkylation sites (N-methyl/N-ethyl adjacent to an activating group) is 1. The van der Waals surface area contributed by atoms with Crippen LogP contribution in [0.4, 0.5) is 5.69 Å². The Labute approximate surface area is 214 Å². The third kappa shape index (κ3) is 5.45. The number of aryl methyl sites for hydroxylation is 2. The number of rotatable bonds is 4. The molecule has 4 heterocycles. The third-order valence-electron chi connectivity index (χ3n) is 6.29. The van der Waals surface area contributed by atoms with E-state index in [9.17, 15) is 14.7 Å². The molecule has 0 radical (unpaired) electrons. The second-order valence-electron chi connectivity index (χ2n) is 9.19. The van der Waals surface area contributed by atoms with Crippen molar-refractivity contribution in [2.45, 2.75) is 31.4 Å². The highest BCUT2D eigenvalue weighted by atomic mass is 16.5. The van der Waals surface area contributed by atoms with E-state index in [2.05, 4.69) is 27.1 Å². The number of aliphatic hydroxyl groups is 1. The molecular weight excluding hydrogens is 472 g/mol. The van der Waals surface area contributed by atoms with Crippen LogP contribution in [0.2, 0.25) is 0 Å². The molecule has 188 valence electrons. The number of nitrogens with one attached hydrogen (secondary N) is 1. The van der Waals surface area contributed by atoms with Crippen molar-refractivity contribution in [3.05, 3.63) is 77.4 Å². The van der Waals surface area contributed by atoms with Gasteiger partial charge in [-0.2, -0.15) is 0 Å². The minimum Gasteiger partial charge on any atom is -0.456 e. The van der Waals surface area contributed by atoms with Gasteiger partial charge in [0.25, 0.3) is 5.91 Å². The van der Waals surface area contributed by atoms with E-state index < -0.39 is 17.6 Å². The summed E-state index contributed by atoms with van der Waals surface area (Å²) in [6.45, 7) is 2.27. The predicted molar refractivity (Wildman–Crippen MR) is 135 cm³/mol. The molecule has 1 fully saturated rings. The Morgan fingerprint density at radius 1 is 1.19 bits per heavy atom. The first-order valence-corrected chi connectivity index (χ1v) is 11.9. The fraction of sp³-hybridized carbons (Fsp3) is 0.286. The summed E-state index contributed by atoms with van der Waals surface area (Å²) in [7, 11) is 1.68. The number of ether oxygens (including phenoxy) is 2. The molecule has 2 aromatic heterocycles. The van der Waals surface area contributed by atoms with Crippen LogP contribution in [0.5, 0.6) is 11.5 Å². The summed E-state index contributed by atoms with van der Waals surface area (Å²) in [6, 6.07) is 11.7. The van der Waals surface area contributed by atoms with Crippen molar-refractivity contribution in [3.8, 4) is 23.3 Å². The van der Waals surface area contributed by atoms with Crippen molar-refractivity contribution >= 4 is 17.5 Å². The second kappa shape index (κ2) is 10.0. The fourth-order valence-electron chi connectivity index (χ4n) is 4.11. The molecule has 0 unspecified atom stereocenters. The number of hydrogen-bond acceptors (Lipinski definition) is 7. The average molecular weight is 499 g/mol. The molecule has 3 aromatic rings. The normalized spacial score (nSPS) is 18.0. The van der Waals surface area contributed by atoms with E-state index in [4.69, 9.17) is 9.47 Å². The van der Waals surface area contributed by atoms with Crippen molar-refractivity contribution in [1.82, 2.24) is 15.3 Å². The monoisotopic (exact) mass is 498 g/mol. The largest absolute Gasteiger partial charge is 0.456 e. The van der Waals surface area contributed by atoms with E-state index in [0.29, 0.717) is 29.9 Å². The number of pyridine rings is 2. The summed E-state index contributed by atoms with van der Waals surface area (Å²) < 4.78 is 10.8. The number of aromatic nitrogens is 2. The number of carbonyl (C=O) groups excluding carboxylic acids is 2. The van der Waals surface area contributed by atoms with E-state index in [1.165, 1.54) is 17.2 Å². The molecule has 2 aliphatic rings. The SMILES string of the molecule is Cc1ccc(Oc2ccnc(C(=O)N[C@@H]3CCc4ccc(C#CC5(O)COC5)cc4N(C)C3=O)c2)cn1. The Hall–Kier alpha value is -4.26. The van der Waals surface area contributed by atoms with Crippen LogP contribution in [0.1, 0.15) is 33.7 Å². The topological polar surface area (TPSA) is 114 Å². The first-order chi connectivity index (χ1) is 17.8. The minimum atomic E-state index is -1.11. The van der Waals surface area contributed by atoms with Crippen LogP contribution in [-0.4, -0.2) is 58.8 Å². The molecule has 1 atom stereocenters. The quantitative estimate of drug-likeness (QED) is 0.531. The Morgan fingerprint density at radius 2 is 2.03 bits per heavy atom. The molecule has 1 saturated heterocycles. The van der Waals surface area contributed by atoms with Crippen molar-refractivity contribution in [2.24, 2.45) is 0 Å². The van der Waals surface area contributed by atoms with Gasteiger partial charge in [-0.25, -0.2) is 0 Å². The molecule has 0 bridgehead atoms. The zero-order chi connectivity index (χ0) is 26.0. The van der Waals surface area contributed by atoms with Gasteiger partial charge in [-0.15, -0.1) is 0 Å². The van der Waals surface area contributed by atoms with Crippen LogP contribution in [0.3, 0.4) is 0 Å². The lowest BCUT2D eigenvalue weighted by Gasteiger charge is -2.30. The van der Waals surface area contributed by atoms with Crippen LogP contribution in [0.15, 0.2) is 54.9 Å². The maximum atomic E-state index is 13.3. The molecule has 37 heavy (non-hydrogen) atoms. The Morgan fingerprint density at radius 3 is 2.76 bits per heavy atom. The molecule has 2 amide bonds. The zero-order valence-corrected chi connectivity index (χ0v) is 20.5. The van der Waals surface area contributed by atoms with Gasteiger partial charge in [0, 0.05) is 36.3 Å². The molecule has 9 nitrogen and oxygen atoms in total. The van der Waals surface area contributed by atoms with Crippen molar-refractivity contribution in [2.75, 3.05) is 25.2 Å². The molecule has 0 aliphatic carbocycles. The van der Waals surface area contributed by atoms with Gasteiger partial charge in [0.2, 0.25) is 5.91 Å². The van der Waals surface area contributed by atoms with Crippen molar-refractivity contribution < 1.29 is 24.2 Å². The molecule has 1 aromatic carbocycles. The van der Waals surface area contributed by atoms with Crippen molar-refractivity contribution in [1.29, 1.82) is 0 Å². The number of anilines is 1. The second-order valence-corrected chi connectivity index (χ2v) is 9.19. The van der Waals surface area contributed by atoms with Gasteiger partial charge < -0.3 is 24.8 Å². The molecule has 2 N–H and O–H groups in total. The van der Waals surface area contributed by atoms with Gasteiger partial charge in [0.05, 0.1) is 19.4 Å². The summed E-state index contributed by atoms with van der Waals surface area (Å²) >= 11 is 0. The summed E-state index contributed by atoms with van der Waals surface area (Å²) in [6.07, 6.45) is 4.12. The number of carbonyl (C=O) groups is 2. The van der Waals surface area contributed by atoms with E-state index in [0.717, 1.165) is 16.9 Å². The summed E-state index contributed by atoms with van der Waals surface area (Å²) in [4.78, 5) is 36.2. The lowest BCUT2D eigenvalue weighted by molar-refractivity contribution is -0.140. The smallest absolute Gasteiger partial charge is 0.270 e. The Balaban J connectivity index is 1.28. The maximum absolute atomic E-state index is 13.3. The molecule has 0 spiro atoms. The zero-order valence-electron chi connectivity index (χ0n) is 20.5. The van der Waals surface area contributed by atoms with Gasteiger partial charge in [-0.3, -0.25) is 19.6 Å². The van der Waals surface area contributed by atoms with Crippen LogP contribution < -0.4 is 15.0 Å². The average Bonchev–Trinajstić information content (AvgIpc) is 3.00. The van der Waals surface area contributed by atoms with E-state index in [-0.39, 0.29) is 24.8 Å². The van der Waals surface area contributed by atoms with E-state index >= 15 is 0 Å². The standard InChI is InChI=1S/C28H26N4O5/c1-18-3-7-22(15-30-18)37-21-10-12-29-24(14-21)26(33)31-23-8-6-20-5-4-19(9-11-28(35)16-36-17-28)13-25(20)32(2)27(23)34/h3-5,7,10,12-15,23,35H,6,8,16-17H2,1-2H3,(H,31,33)/t23-/m1/s1. The first kappa shape index (κ1) is 24.4. The van der Waals surface area contributed by atoms with Crippen molar-refractivity contribution in [3.63, 3.8) is 0 Å². The van der Waals surface area contributed by atoms with Gasteiger partial charge in [-0.1, -0.05) is 17.9 Å². The molecule has 0 saturated carbocycles. The third-order valence-corrected chi connectivity index (χ3v) is 6.29. The molecular formula is C28H26N4O5. The lowest BCUT2D eigenvalue weighted by atomic mass is 10.0. The van der Waals surface area contributed by atoms with E-state index in [1.54, 1.807) is 25.4 Å². The van der Waals surface area contributed by atoms with Crippen LogP contribution >= 0.6 is 0 Å². The number of hydrogen-bond donors (Lipinski definition) is 2. The summed E-state index contributed by atoms with van der Waals surface area (Å²) in [5, 5.41) is 13.0. The highest BCUT2D eigenvalue weighted by Crippen LogP contribution is 2.28. The Bertz CT molecular complexity index is 1410. The molecule has 5 rings (SSSR count). The van der Waals surface area contributed by atoms with Crippen LogP contribution in [-0.2, 0) is 16.0 Å². The predicted octanol–water partition coefficient (Wildman–Crippen LogP) is 2.40. The van der Waals surface area contributed by atoms with Gasteiger partial charge in [0.1, 0.15) is 23.2 Å². The molecule has 2 aliphatic heterocycles. The maximum Gasteiger partial charge on any atom is 0.270 e. The van der Waals surface area contributed by atoms with Crippen LogP contribution in [0, 0.1) is 18.8 Å². The number of nitrogens with zero attached hydrogens (tertiary/aromatic N) is 3. The lowest BCUT2D eigenvalue weighted by Crippen LogP contribution is -2.48. The van der Waals surface area contributed by atoms with E-state index in [1.807, 2.05) is 31.2 Å². The fourth-order valence-corrected chi connectivity index (χ4v) is 4.11. The van der Waals surface area contributed by atoms with Crippen LogP contribution in [0.25, 0.3) is 0 Å². The van der Waals surface area contributed by atoms with Gasteiger partial charge in [-0.05, 0) is 55.7 Å². The van der Waals surface area contributed by atoms with Gasteiger partial charge >= 0.3 is 0 Å². The minimum absolute atomic E-state index is 0.144. The summed E-state index contributed by atoms with van der Waals surface area (Å²) in [5.41, 5.74) is 2.29. The highest BCUT2D eigenvalue weighted by Gasteiger charge is 2.34.